The first-order chi connectivity index (χ1) is 5.23. The number of carbonyl (C=O) groups excluding carboxylic acids is 1. The van der Waals surface area contributed by atoms with Gasteiger partial charge in [-0.1, -0.05) is 6.92 Å². The monoisotopic (exact) mass is 183 g/mol. The molecule has 0 saturated heterocycles. The summed E-state index contributed by atoms with van der Waals surface area (Å²) in [6, 6.07) is 0. The molecule has 2 N–H and O–H groups in total. The highest BCUT2D eigenvalue weighted by Gasteiger charge is 2.52. The molecular formula is C7H12F3NO. The number of halogens is 3. The van der Waals surface area contributed by atoms with Gasteiger partial charge in [-0.2, -0.15) is 13.2 Å². The molecule has 0 fully saturated rings. The standard InChI is InChI=1S/C7H12F3NO/c1-3-4-5(12)6(2,11)7(8,9)10/h3-4,11H2,1-2H3. The van der Waals surface area contributed by atoms with Crippen LogP contribution in [0.3, 0.4) is 0 Å². The summed E-state index contributed by atoms with van der Waals surface area (Å²) in [5, 5.41) is 0. The van der Waals surface area contributed by atoms with Crippen LogP contribution < -0.4 is 5.73 Å². The van der Waals surface area contributed by atoms with Crippen molar-refractivity contribution in [1.29, 1.82) is 0 Å². The van der Waals surface area contributed by atoms with Crippen molar-refractivity contribution in [3.05, 3.63) is 0 Å². The van der Waals surface area contributed by atoms with Gasteiger partial charge in [-0.25, -0.2) is 0 Å². The van der Waals surface area contributed by atoms with Gasteiger partial charge in [0.2, 0.25) is 0 Å². The lowest BCUT2D eigenvalue weighted by Crippen LogP contribution is -2.56. The zero-order valence-corrected chi connectivity index (χ0v) is 7.03. The zero-order valence-electron chi connectivity index (χ0n) is 7.03. The average Bonchev–Trinajstić information content (AvgIpc) is 1.85. The second kappa shape index (κ2) is 3.43. The van der Waals surface area contributed by atoms with Crippen molar-refractivity contribution in [1.82, 2.24) is 0 Å². The molecule has 5 heteroatoms. The Bertz CT molecular complexity index is 174. The molecule has 2 nitrogen and oxygen atoms in total. The Kier molecular flexibility index (Phi) is 3.26. The van der Waals surface area contributed by atoms with Crippen LogP contribution in [-0.2, 0) is 4.79 Å². The Hall–Kier alpha value is -0.580. The van der Waals surface area contributed by atoms with Gasteiger partial charge in [-0.15, -0.1) is 0 Å². The van der Waals surface area contributed by atoms with Gasteiger partial charge in [0.15, 0.2) is 11.3 Å². The summed E-state index contributed by atoms with van der Waals surface area (Å²) in [5.41, 5.74) is 2.16. The van der Waals surface area contributed by atoms with Gasteiger partial charge >= 0.3 is 6.18 Å². The van der Waals surface area contributed by atoms with Crippen LogP contribution in [0.5, 0.6) is 0 Å². The lowest BCUT2D eigenvalue weighted by molar-refractivity contribution is -0.186. The fraction of sp³-hybridized carbons (Fsp3) is 0.857. The summed E-state index contributed by atoms with van der Waals surface area (Å²) < 4.78 is 36.2. The van der Waals surface area contributed by atoms with E-state index in [9.17, 15) is 18.0 Å². The van der Waals surface area contributed by atoms with Crippen LogP contribution in [0.1, 0.15) is 26.7 Å². The van der Waals surface area contributed by atoms with Gasteiger partial charge in [0.25, 0.3) is 0 Å². The third-order valence-corrected chi connectivity index (χ3v) is 1.65. The van der Waals surface area contributed by atoms with Crippen molar-refractivity contribution in [2.45, 2.75) is 38.4 Å². The summed E-state index contributed by atoms with van der Waals surface area (Å²) >= 11 is 0. The van der Waals surface area contributed by atoms with Crippen LogP contribution >= 0.6 is 0 Å². The number of alkyl halides is 3. The fourth-order valence-electron chi connectivity index (χ4n) is 0.645. The van der Waals surface area contributed by atoms with Gasteiger partial charge in [0.05, 0.1) is 0 Å². The van der Waals surface area contributed by atoms with Crippen LogP contribution in [0.25, 0.3) is 0 Å². The predicted molar refractivity (Wildman–Crippen MR) is 38.6 cm³/mol. The number of rotatable bonds is 3. The fourth-order valence-corrected chi connectivity index (χ4v) is 0.645. The smallest absolute Gasteiger partial charge is 0.312 e. The van der Waals surface area contributed by atoms with E-state index in [1.807, 2.05) is 0 Å². The summed E-state index contributed by atoms with van der Waals surface area (Å²) in [4.78, 5) is 10.9. The second-order valence-corrected chi connectivity index (χ2v) is 2.87. The normalized spacial score (nSPS) is 17.2. The number of Topliss-reactive ketones (excluding diaryl/α,β-unsaturated/α-hetero) is 1. The molecule has 0 aliphatic rings. The van der Waals surface area contributed by atoms with E-state index in [2.05, 4.69) is 0 Å². The Morgan fingerprint density at radius 1 is 1.42 bits per heavy atom. The van der Waals surface area contributed by atoms with Crippen molar-refractivity contribution in [3.63, 3.8) is 0 Å². The van der Waals surface area contributed by atoms with Gasteiger partial charge in [-0.05, 0) is 13.3 Å². The van der Waals surface area contributed by atoms with Crippen molar-refractivity contribution < 1.29 is 18.0 Å². The van der Waals surface area contributed by atoms with E-state index in [0.717, 1.165) is 0 Å². The number of hydrogen-bond acceptors (Lipinski definition) is 2. The van der Waals surface area contributed by atoms with Crippen LogP contribution in [-0.4, -0.2) is 17.5 Å². The Morgan fingerprint density at radius 2 is 1.83 bits per heavy atom. The van der Waals surface area contributed by atoms with E-state index in [1.54, 1.807) is 6.92 Å². The largest absolute Gasteiger partial charge is 0.413 e. The topological polar surface area (TPSA) is 43.1 Å². The third kappa shape index (κ3) is 2.20. The Morgan fingerprint density at radius 3 is 2.08 bits per heavy atom. The van der Waals surface area contributed by atoms with Crippen molar-refractivity contribution >= 4 is 5.78 Å². The Labute approximate surface area is 68.9 Å². The second-order valence-electron chi connectivity index (χ2n) is 2.87. The van der Waals surface area contributed by atoms with E-state index >= 15 is 0 Å². The van der Waals surface area contributed by atoms with Crippen LogP contribution in [0.2, 0.25) is 0 Å². The maximum atomic E-state index is 12.1. The maximum absolute atomic E-state index is 12.1. The molecule has 0 heterocycles. The van der Waals surface area contributed by atoms with Crippen molar-refractivity contribution in [3.8, 4) is 0 Å². The summed E-state index contributed by atoms with van der Waals surface area (Å²) in [7, 11) is 0. The molecule has 0 spiro atoms. The lowest BCUT2D eigenvalue weighted by Gasteiger charge is -2.25. The molecule has 0 rings (SSSR count). The molecule has 1 atom stereocenters. The maximum Gasteiger partial charge on any atom is 0.413 e. The van der Waals surface area contributed by atoms with Crippen LogP contribution in [0.4, 0.5) is 13.2 Å². The van der Waals surface area contributed by atoms with Gasteiger partial charge < -0.3 is 5.73 Å². The molecule has 12 heavy (non-hydrogen) atoms. The molecule has 0 aliphatic carbocycles. The first-order valence-electron chi connectivity index (χ1n) is 3.62. The molecule has 72 valence electrons. The first kappa shape index (κ1) is 11.4. The van der Waals surface area contributed by atoms with E-state index in [1.165, 1.54) is 0 Å². The molecule has 0 bridgehead atoms. The van der Waals surface area contributed by atoms with E-state index < -0.39 is 17.5 Å². The zero-order chi connectivity index (χ0) is 9.99. The summed E-state index contributed by atoms with van der Waals surface area (Å²) in [6.07, 6.45) is -4.41. The highest BCUT2D eigenvalue weighted by molar-refractivity contribution is 5.88. The SMILES string of the molecule is CCCC(=O)C(C)(N)C(F)(F)F. The van der Waals surface area contributed by atoms with E-state index in [4.69, 9.17) is 5.73 Å². The van der Waals surface area contributed by atoms with E-state index in [-0.39, 0.29) is 6.42 Å². The van der Waals surface area contributed by atoms with Crippen LogP contribution in [0.15, 0.2) is 0 Å². The highest BCUT2D eigenvalue weighted by Crippen LogP contribution is 2.29. The highest BCUT2D eigenvalue weighted by atomic mass is 19.4. The van der Waals surface area contributed by atoms with Crippen LogP contribution in [0, 0.1) is 0 Å². The quantitative estimate of drug-likeness (QED) is 0.722. The van der Waals surface area contributed by atoms with Gasteiger partial charge in [-0.3, -0.25) is 4.79 Å². The molecule has 0 amide bonds. The minimum atomic E-state index is -4.65. The number of nitrogens with two attached hydrogens (primary N) is 1. The molecule has 0 aromatic carbocycles. The minimum absolute atomic E-state index is 0.132. The molecule has 0 aromatic rings. The molecule has 0 aliphatic heterocycles. The van der Waals surface area contributed by atoms with Gasteiger partial charge in [0.1, 0.15) is 0 Å². The molecule has 0 aromatic heterocycles. The molecular weight excluding hydrogens is 171 g/mol. The van der Waals surface area contributed by atoms with Crippen molar-refractivity contribution in [2.75, 3.05) is 0 Å². The first-order valence-corrected chi connectivity index (χ1v) is 3.62. The van der Waals surface area contributed by atoms with E-state index in [0.29, 0.717) is 13.3 Å². The number of carbonyl (C=O) groups is 1. The van der Waals surface area contributed by atoms with Gasteiger partial charge in [0, 0.05) is 6.42 Å². The molecule has 0 saturated carbocycles. The number of ketones is 1. The average molecular weight is 183 g/mol. The Balaban J connectivity index is 4.50. The molecule has 1 unspecified atom stereocenters. The summed E-state index contributed by atoms with van der Waals surface area (Å²) in [6.45, 7) is 2.33. The summed E-state index contributed by atoms with van der Waals surface area (Å²) in [5.74, 6) is -0.961. The lowest BCUT2D eigenvalue weighted by atomic mass is 9.94. The minimum Gasteiger partial charge on any atom is -0.312 e. The van der Waals surface area contributed by atoms with Crippen molar-refractivity contribution in [2.24, 2.45) is 5.73 Å². The number of hydrogen-bond donors (Lipinski definition) is 1. The predicted octanol–water partition coefficient (Wildman–Crippen LogP) is 1.64. The molecule has 0 radical (unpaired) electrons. The third-order valence-electron chi connectivity index (χ3n) is 1.65.